The van der Waals surface area contributed by atoms with Crippen LogP contribution in [0.1, 0.15) is 11.4 Å². The zero-order valence-corrected chi connectivity index (χ0v) is 11.8. The molecule has 0 aliphatic heterocycles. The third-order valence-corrected chi connectivity index (χ3v) is 3.10. The van der Waals surface area contributed by atoms with Crippen molar-refractivity contribution in [1.82, 2.24) is 9.97 Å². The second kappa shape index (κ2) is 5.02. The molecule has 0 atom stereocenters. The summed E-state index contributed by atoms with van der Waals surface area (Å²) in [6.45, 7) is 3.92. The van der Waals surface area contributed by atoms with Gasteiger partial charge in [-0.25, -0.2) is 4.98 Å². The molecule has 2 heterocycles. The maximum Gasteiger partial charge on any atom is 0.144 e. The van der Waals surface area contributed by atoms with Gasteiger partial charge in [0.15, 0.2) is 0 Å². The first kappa shape index (κ1) is 12.3. The monoisotopic (exact) mass is 311 g/mol. The van der Waals surface area contributed by atoms with Crippen LogP contribution in [0, 0.1) is 13.8 Å². The Morgan fingerprint density at radius 3 is 2.71 bits per heavy atom. The molecule has 0 fully saturated rings. The van der Waals surface area contributed by atoms with E-state index in [1.54, 1.807) is 12.3 Å². The predicted octanol–water partition coefficient (Wildman–Crippen LogP) is 4.25. The summed E-state index contributed by atoms with van der Waals surface area (Å²) in [6.07, 6.45) is 1.60. The van der Waals surface area contributed by atoms with Crippen LogP contribution in [0.25, 0.3) is 0 Å². The lowest BCUT2D eigenvalue weighted by atomic mass is 10.2. The lowest BCUT2D eigenvalue weighted by Crippen LogP contribution is -1.98. The molecule has 0 spiro atoms. The molecule has 0 aromatic carbocycles. The molecular formula is C12H11BrClN3. The van der Waals surface area contributed by atoms with Crippen LogP contribution < -0.4 is 5.32 Å². The minimum Gasteiger partial charge on any atom is -0.338 e. The average Bonchev–Trinajstić information content (AvgIpc) is 2.25. The first-order chi connectivity index (χ1) is 8.06. The van der Waals surface area contributed by atoms with Crippen LogP contribution in [0.15, 0.2) is 28.9 Å². The second-order valence-corrected chi connectivity index (χ2v) is 4.99. The van der Waals surface area contributed by atoms with E-state index in [0.29, 0.717) is 5.02 Å². The fourth-order valence-corrected chi connectivity index (χ4v) is 2.19. The molecule has 0 amide bonds. The number of aryl methyl sites for hydroxylation is 2. The molecule has 0 aliphatic rings. The van der Waals surface area contributed by atoms with Gasteiger partial charge in [0.25, 0.3) is 0 Å². The van der Waals surface area contributed by atoms with Crippen LogP contribution in [0.5, 0.6) is 0 Å². The number of aromatic nitrogens is 2. The largest absolute Gasteiger partial charge is 0.338 e. The number of pyridine rings is 2. The quantitative estimate of drug-likeness (QED) is 0.900. The summed E-state index contributed by atoms with van der Waals surface area (Å²) in [5.41, 5.74) is 2.87. The smallest absolute Gasteiger partial charge is 0.144 e. The zero-order valence-electron chi connectivity index (χ0n) is 9.46. The number of halogens is 2. The van der Waals surface area contributed by atoms with E-state index in [9.17, 15) is 0 Å². The fraction of sp³-hybridized carbons (Fsp3) is 0.167. The molecule has 0 aliphatic carbocycles. The van der Waals surface area contributed by atoms with E-state index >= 15 is 0 Å². The van der Waals surface area contributed by atoms with Crippen molar-refractivity contribution in [3.8, 4) is 0 Å². The van der Waals surface area contributed by atoms with E-state index in [1.807, 2.05) is 26.0 Å². The molecule has 0 radical (unpaired) electrons. The number of anilines is 2. The molecule has 3 nitrogen and oxygen atoms in total. The van der Waals surface area contributed by atoms with Crippen molar-refractivity contribution in [2.45, 2.75) is 13.8 Å². The van der Waals surface area contributed by atoms with Crippen LogP contribution >= 0.6 is 27.5 Å². The van der Waals surface area contributed by atoms with Gasteiger partial charge in [0.05, 0.1) is 20.9 Å². The van der Waals surface area contributed by atoms with Crippen molar-refractivity contribution >= 4 is 39.0 Å². The molecule has 2 aromatic rings. The second-order valence-electron chi connectivity index (χ2n) is 3.69. The highest BCUT2D eigenvalue weighted by molar-refractivity contribution is 9.10. The highest BCUT2D eigenvalue weighted by Crippen LogP contribution is 2.27. The van der Waals surface area contributed by atoms with Gasteiger partial charge in [-0.1, -0.05) is 11.6 Å². The van der Waals surface area contributed by atoms with Crippen molar-refractivity contribution < 1.29 is 0 Å². The summed E-state index contributed by atoms with van der Waals surface area (Å²) < 4.78 is 0.824. The molecular weight excluding hydrogens is 302 g/mol. The minimum atomic E-state index is 0.598. The van der Waals surface area contributed by atoms with Crippen molar-refractivity contribution in [2.75, 3.05) is 5.32 Å². The van der Waals surface area contributed by atoms with Gasteiger partial charge < -0.3 is 5.32 Å². The maximum absolute atomic E-state index is 5.84. The highest BCUT2D eigenvalue weighted by atomic mass is 79.9. The molecule has 1 N–H and O–H groups in total. The lowest BCUT2D eigenvalue weighted by Gasteiger charge is -2.10. The molecule has 0 saturated carbocycles. The van der Waals surface area contributed by atoms with E-state index in [2.05, 4.69) is 31.2 Å². The first-order valence-electron chi connectivity index (χ1n) is 5.08. The zero-order chi connectivity index (χ0) is 12.4. The van der Waals surface area contributed by atoms with Gasteiger partial charge in [0, 0.05) is 11.9 Å². The van der Waals surface area contributed by atoms with Gasteiger partial charge >= 0.3 is 0 Å². The van der Waals surface area contributed by atoms with E-state index < -0.39 is 0 Å². The average molecular weight is 313 g/mol. The van der Waals surface area contributed by atoms with E-state index in [-0.39, 0.29) is 0 Å². The molecule has 88 valence electrons. The predicted molar refractivity (Wildman–Crippen MR) is 73.9 cm³/mol. The van der Waals surface area contributed by atoms with Crippen LogP contribution in [0.4, 0.5) is 11.5 Å². The number of hydrogen-bond donors (Lipinski definition) is 1. The lowest BCUT2D eigenvalue weighted by molar-refractivity contribution is 1.12. The SMILES string of the molecule is Cc1ccc(Nc2ncc(Cl)cc2Br)c(C)n1. The Balaban J connectivity index is 2.31. The first-order valence-corrected chi connectivity index (χ1v) is 6.25. The Hall–Kier alpha value is -1.13. The van der Waals surface area contributed by atoms with Gasteiger partial charge in [0.1, 0.15) is 5.82 Å². The van der Waals surface area contributed by atoms with Crippen molar-refractivity contribution in [1.29, 1.82) is 0 Å². The van der Waals surface area contributed by atoms with E-state index in [0.717, 1.165) is 27.4 Å². The Morgan fingerprint density at radius 2 is 2.06 bits per heavy atom. The standard InChI is InChI=1S/C12H11BrClN3/c1-7-3-4-11(8(2)16-7)17-12-10(13)5-9(14)6-15-12/h3-6H,1-2H3,(H,15,17). The summed E-state index contributed by atoms with van der Waals surface area (Å²) >= 11 is 9.25. The number of nitrogens with one attached hydrogen (secondary N) is 1. The molecule has 2 aromatic heterocycles. The molecule has 17 heavy (non-hydrogen) atoms. The van der Waals surface area contributed by atoms with Crippen LogP contribution in [-0.4, -0.2) is 9.97 Å². The number of nitrogens with zero attached hydrogens (tertiary/aromatic N) is 2. The van der Waals surface area contributed by atoms with Crippen molar-refractivity contribution in [3.63, 3.8) is 0 Å². The summed E-state index contributed by atoms with van der Waals surface area (Å²) in [6, 6.07) is 5.74. The number of rotatable bonds is 2. The van der Waals surface area contributed by atoms with Crippen LogP contribution in [0.2, 0.25) is 5.02 Å². The molecule has 5 heteroatoms. The number of hydrogen-bond acceptors (Lipinski definition) is 3. The summed E-state index contributed by atoms with van der Waals surface area (Å²) in [5.74, 6) is 0.725. The summed E-state index contributed by atoms with van der Waals surface area (Å²) in [5, 5.41) is 3.81. The summed E-state index contributed by atoms with van der Waals surface area (Å²) in [4.78, 5) is 8.60. The molecule has 0 unspecified atom stereocenters. The third-order valence-electron chi connectivity index (χ3n) is 2.29. The third kappa shape index (κ3) is 2.96. The Bertz CT molecular complexity index is 508. The maximum atomic E-state index is 5.84. The topological polar surface area (TPSA) is 37.8 Å². The minimum absolute atomic E-state index is 0.598. The Morgan fingerprint density at radius 1 is 1.29 bits per heavy atom. The summed E-state index contributed by atoms with van der Waals surface area (Å²) in [7, 11) is 0. The fourth-order valence-electron chi connectivity index (χ4n) is 1.45. The normalized spacial score (nSPS) is 10.4. The van der Waals surface area contributed by atoms with Gasteiger partial charge in [-0.15, -0.1) is 0 Å². The highest BCUT2D eigenvalue weighted by Gasteiger charge is 2.05. The molecule has 0 saturated heterocycles. The van der Waals surface area contributed by atoms with Gasteiger partial charge in [0.2, 0.25) is 0 Å². The van der Waals surface area contributed by atoms with Crippen LogP contribution in [-0.2, 0) is 0 Å². The Kier molecular flexibility index (Phi) is 3.64. The Labute approximate surface area is 113 Å². The van der Waals surface area contributed by atoms with Gasteiger partial charge in [-0.3, -0.25) is 4.98 Å². The molecule has 0 bridgehead atoms. The van der Waals surface area contributed by atoms with Crippen LogP contribution in [0.3, 0.4) is 0 Å². The molecule has 2 rings (SSSR count). The van der Waals surface area contributed by atoms with Gasteiger partial charge in [-0.2, -0.15) is 0 Å². The van der Waals surface area contributed by atoms with Gasteiger partial charge in [-0.05, 0) is 48.0 Å². The van der Waals surface area contributed by atoms with Crippen molar-refractivity contribution in [2.24, 2.45) is 0 Å². The van der Waals surface area contributed by atoms with E-state index in [1.165, 1.54) is 0 Å². The van der Waals surface area contributed by atoms with E-state index in [4.69, 9.17) is 11.6 Å². The van der Waals surface area contributed by atoms with Crippen molar-refractivity contribution in [3.05, 3.63) is 45.3 Å².